The summed E-state index contributed by atoms with van der Waals surface area (Å²) in [4.78, 5) is 37.6. The third kappa shape index (κ3) is 3.07. The molecular formula is C18H14N2O5. The second-order valence-corrected chi connectivity index (χ2v) is 5.54. The van der Waals surface area contributed by atoms with Crippen LogP contribution in [0.3, 0.4) is 0 Å². The van der Waals surface area contributed by atoms with E-state index in [1.54, 1.807) is 24.3 Å². The Balaban J connectivity index is 2.01. The van der Waals surface area contributed by atoms with Gasteiger partial charge in [-0.1, -0.05) is 23.8 Å². The topological polar surface area (TPSA) is 107 Å². The summed E-state index contributed by atoms with van der Waals surface area (Å²) < 4.78 is 0. The number of phenolic OH excluding ortho intramolecular Hbond substituents is 2. The molecule has 1 aliphatic heterocycles. The van der Waals surface area contributed by atoms with Crippen LogP contribution in [-0.4, -0.2) is 28.1 Å². The van der Waals surface area contributed by atoms with Crippen molar-refractivity contribution in [3.8, 4) is 11.5 Å². The molecule has 0 radical (unpaired) electrons. The van der Waals surface area contributed by atoms with Gasteiger partial charge >= 0.3 is 6.03 Å². The van der Waals surface area contributed by atoms with Crippen molar-refractivity contribution in [1.29, 1.82) is 0 Å². The minimum Gasteiger partial charge on any atom is -0.504 e. The lowest BCUT2D eigenvalue weighted by Crippen LogP contribution is -2.54. The summed E-state index contributed by atoms with van der Waals surface area (Å²) in [6.07, 6.45) is 1.24. The molecule has 0 aliphatic carbocycles. The van der Waals surface area contributed by atoms with Gasteiger partial charge < -0.3 is 10.2 Å². The minimum atomic E-state index is -0.829. The van der Waals surface area contributed by atoms with E-state index in [-0.39, 0.29) is 17.1 Å². The van der Waals surface area contributed by atoms with Crippen molar-refractivity contribution in [2.45, 2.75) is 6.92 Å². The largest absolute Gasteiger partial charge is 0.504 e. The van der Waals surface area contributed by atoms with Crippen LogP contribution < -0.4 is 10.2 Å². The molecule has 1 heterocycles. The first-order chi connectivity index (χ1) is 11.9. The molecule has 1 aliphatic rings. The SMILES string of the molecule is Cc1ccc(N2C(=O)NC(=O)/C(=C\c3ccc(O)c(O)c3)C2=O)cc1. The number of hydrogen-bond donors (Lipinski definition) is 3. The van der Waals surface area contributed by atoms with Gasteiger partial charge in [0.15, 0.2) is 11.5 Å². The third-order valence-corrected chi connectivity index (χ3v) is 3.70. The predicted octanol–water partition coefficient (Wildman–Crippen LogP) is 2.07. The highest BCUT2D eigenvalue weighted by Crippen LogP contribution is 2.27. The molecule has 1 saturated heterocycles. The zero-order chi connectivity index (χ0) is 18.1. The first-order valence-electron chi connectivity index (χ1n) is 7.37. The third-order valence-electron chi connectivity index (χ3n) is 3.70. The van der Waals surface area contributed by atoms with E-state index in [0.717, 1.165) is 10.5 Å². The van der Waals surface area contributed by atoms with E-state index < -0.39 is 17.8 Å². The molecule has 2 aromatic carbocycles. The Morgan fingerprint density at radius 3 is 2.28 bits per heavy atom. The van der Waals surface area contributed by atoms with Crippen molar-refractivity contribution < 1.29 is 24.6 Å². The summed E-state index contributed by atoms with van der Waals surface area (Å²) in [7, 11) is 0. The number of phenols is 2. The zero-order valence-electron chi connectivity index (χ0n) is 13.2. The normalized spacial score (nSPS) is 16.3. The van der Waals surface area contributed by atoms with Gasteiger partial charge in [-0.15, -0.1) is 0 Å². The van der Waals surface area contributed by atoms with Crippen LogP contribution >= 0.6 is 0 Å². The molecule has 0 aromatic heterocycles. The van der Waals surface area contributed by atoms with Crippen molar-refractivity contribution in [3.05, 3.63) is 59.2 Å². The monoisotopic (exact) mass is 338 g/mol. The van der Waals surface area contributed by atoms with Crippen LogP contribution in [0.1, 0.15) is 11.1 Å². The van der Waals surface area contributed by atoms with E-state index in [0.29, 0.717) is 11.3 Å². The Kier molecular flexibility index (Phi) is 3.98. The Morgan fingerprint density at radius 2 is 1.64 bits per heavy atom. The van der Waals surface area contributed by atoms with E-state index in [9.17, 15) is 24.6 Å². The lowest BCUT2D eigenvalue weighted by atomic mass is 10.1. The fourth-order valence-corrected chi connectivity index (χ4v) is 2.38. The fourth-order valence-electron chi connectivity index (χ4n) is 2.38. The molecule has 0 bridgehead atoms. The quantitative estimate of drug-likeness (QED) is 0.441. The highest BCUT2D eigenvalue weighted by molar-refractivity contribution is 6.39. The number of carbonyl (C=O) groups excluding carboxylic acids is 3. The minimum absolute atomic E-state index is 0.259. The molecule has 0 atom stereocenters. The van der Waals surface area contributed by atoms with Crippen LogP contribution in [0.5, 0.6) is 11.5 Å². The predicted molar refractivity (Wildman–Crippen MR) is 90.0 cm³/mol. The van der Waals surface area contributed by atoms with Crippen LogP contribution in [0.4, 0.5) is 10.5 Å². The maximum atomic E-state index is 12.7. The number of barbiturate groups is 1. The second kappa shape index (κ2) is 6.12. The van der Waals surface area contributed by atoms with Crippen molar-refractivity contribution >= 4 is 29.6 Å². The van der Waals surface area contributed by atoms with Crippen molar-refractivity contribution in [2.75, 3.05) is 4.90 Å². The number of anilines is 1. The van der Waals surface area contributed by atoms with Crippen LogP contribution in [-0.2, 0) is 9.59 Å². The second-order valence-electron chi connectivity index (χ2n) is 5.54. The molecule has 0 spiro atoms. The molecule has 2 aromatic rings. The number of aryl methyl sites for hydroxylation is 1. The average Bonchev–Trinajstić information content (AvgIpc) is 2.56. The van der Waals surface area contributed by atoms with Crippen LogP contribution in [0, 0.1) is 6.92 Å². The average molecular weight is 338 g/mol. The van der Waals surface area contributed by atoms with Crippen molar-refractivity contribution in [1.82, 2.24) is 5.32 Å². The molecule has 0 saturated carbocycles. The number of nitrogens with one attached hydrogen (secondary N) is 1. The van der Waals surface area contributed by atoms with Gasteiger partial charge in [-0.2, -0.15) is 0 Å². The number of hydrogen-bond acceptors (Lipinski definition) is 5. The number of nitrogens with zero attached hydrogens (tertiary/aromatic N) is 1. The van der Waals surface area contributed by atoms with Crippen LogP contribution in [0.25, 0.3) is 6.08 Å². The number of imide groups is 2. The Morgan fingerprint density at radius 1 is 0.960 bits per heavy atom. The molecule has 7 heteroatoms. The number of carbonyl (C=O) groups is 3. The Bertz CT molecular complexity index is 916. The molecular weight excluding hydrogens is 324 g/mol. The van der Waals surface area contributed by atoms with E-state index in [1.165, 1.54) is 24.3 Å². The van der Waals surface area contributed by atoms with Gasteiger partial charge in [-0.25, -0.2) is 9.69 Å². The van der Waals surface area contributed by atoms with E-state index in [1.807, 2.05) is 6.92 Å². The van der Waals surface area contributed by atoms with Gasteiger partial charge in [0, 0.05) is 0 Å². The molecule has 3 rings (SSSR count). The molecule has 7 nitrogen and oxygen atoms in total. The van der Waals surface area contributed by atoms with Gasteiger partial charge in [-0.3, -0.25) is 14.9 Å². The van der Waals surface area contributed by atoms with E-state index in [4.69, 9.17) is 0 Å². The standard InChI is InChI=1S/C18H14N2O5/c1-10-2-5-12(6-3-10)20-17(24)13(16(23)19-18(20)25)8-11-4-7-14(21)15(22)9-11/h2-9,21-22H,1H3,(H,19,23,25)/b13-8+. The van der Waals surface area contributed by atoms with Gasteiger partial charge in [0.25, 0.3) is 11.8 Å². The first kappa shape index (κ1) is 16.3. The number of urea groups is 1. The zero-order valence-corrected chi connectivity index (χ0v) is 13.2. The lowest BCUT2D eigenvalue weighted by molar-refractivity contribution is -0.122. The number of benzene rings is 2. The highest BCUT2D eigenvalue weighted by Gasteiger charge is 2.36. The smallest absolute Gasteiger partial charge is 0.335 e. The molecule has 3 N–H and O–H groups in total. The fraction of sp³-hybridized carbons (Fsp3) is 0.0556. The van der Waals surface area contributed by atoms with E-state index >= 15 is 0 Å². The van der Waals surface area contributed by atoms with Crippen LogP contribution in [0.2, 0.25) is 0 Å². The molecule has 126 valence electrons. The Hall–Kier alpha value is -3.61. The molecule has 0 unspecified atom stereocenters. The number of amides is 4. The maximum Gasteiger partial charge on any atom is 0.335 e. The summed E-state index contributed by atoms with van der Waals surface area (Å²) in [5, 5.41) is 21.0. The van der Waals surface area contributed by atoms with Gasteiger partial charge in [0.05, 0.1) is 5.69 Å². The lowest BCUT2D eigenvalue weighted by Gasteiger charge is -2.26. The molecule has 4 amide bonds. The van der Waals surface area contributed by atoms with Crippen LogP contribution in [0.15, 0.2) is 48.0 Å². The first-order valence-corrected chi connectivity index (χ1v) is 7.37. The number of aromatic hydroxyl groups is 2. The summed E-state index contributed by atoms with van der Waals surface area (Å²) in [6.45, 7) is 1.87. The van der Waals surface area contributed by atoms with Crippen molar-refractivity contribution in [2.24, 2.45) is 0 Å². The molecule has 1 fully saturated rings. The van der Waals surface area contributed by atoms with Gasteiger partial charge in [-0.05, 0) is 42.8 Å². The summed E-state index contributed by atoms with van der Waals surface area (Å²) in [6, 6.07) is 9.73. The summed E-state index contributed by atoms with van der Waals surface area (Å²) in [5.41, 5.74) is 1.36. The van der Waals surface area contributed by atoms with Gasteiger partial charge in [0.2, 0.25) is 0 Å². The number of rotatable bonds is 2. The Labute approximate surface area is 142 Å². The molecule has 25 heavy (non-hydrogen) atoms. The van der Waals surface area contributed by atoms with E-state index in [2.05, 4.69) is 5.32 Å². The van der Waals surface area contributed by atoms with Crippen molar-refractivity contribution in [3.63, 3.8) is 0 Å². The van der Waals surface area contributed by atoms with Gasteiger partial charge in [0.1, 0.15) is 5.57 Å². The highest BCUT2D eigenvalue weighted by atomic mass is 16.3. The maximum absolute atomic E-state index is 12.7. The summed E-state index contributed by atoms with van der Waals surface area (Å²) >= 11 is 0. The summed E-state index contributed by atoms with van der Waals surface area (Å²) in [5.74, 6) is -2.31.